The Labute approximate surface area is 187 Å². The molecule has 0 fully saturated rings. The van der Waals surface area contributed by atoms with Crippen molar-refractivity contribution in [2.24, 2.45) is 0 Å². The standard InChI is InChI=1S/C21H17Cl2N3O5/c1-3-12(2)21(27)15-8-9-16(20(23)19(15)22)30-11-18-24-17(25-31-18)10-13-4-6-14(7-5-13)26(28)29/h4-9H,2-3,10-11H2,1H3. The number of Topliss-reactive ketones (excluding diaryl/α,β-unsaturated/α-hetero) is 1. The van der Waals surface area contributed by atoms with Gasteiger partial charge in [0.1, 0.15) is 10.8 Å². The summed E-state index contributed by atoms with van der Waals surface area (Å²) in [4.78, 5) is 26.8. The van der Waals surface area contributed by atoms with Gasteiger partial charge >= 0.3 is 0 Å². The summed E-state index contributed by atoms with van der Waals surface area (Å²) in [6.45, 7) is 5.49. The lowest BCUT2D eigenvalue weighted by Crippen LogP contribution is -2.04. The van der Waals surface area contributed by atoms with Gasteiger partial charge in [-0.15, -0.1) is 0 Å². The summed E-state index contributed by atoms with van der Waals surface area (Å²) in [5.41, 5.74) is 1.49. The van der Waals surface area contributed by atoms with Gasteiger partial charge in [0.2, 0.25) is 0 Å². The SMILES string of the molecule is C=C(CC)C(=O)c1ccc(OCc2nc(Cc3ccc([N+](=O)[O-])cc3)no2)c(Cl)c1Cl. The number of halogens is 2. The molecule has 0 aliphatic heterocycles. The second kappa shape index (κ2) is 9.72. The number of carbonyl (C=O) groups is 1. The van der Waals surface area contributed by atoms with E-state index in [1.807, 2.05) is 6.92 Å². The maximum absolute atomic E-state index is 12.3. The fraction of sp³-hybridized carbons (Fsp3) is 0.190. The van der Waals surface area contributed by atoms with Gasteiger partial charge in [-0.2, -0.15) is 4.98 Å². The normalized spacial score (nSPS) is 10.7. The van der Waals surface area contributed by atoms with Gasteiger partial charge in [0.25, 0.3) is 11.6 Å². The van der Waals surface area contributed by atoms with Crippen LogP contribution < -0.4 is 4.74 Å². The van der Waals surface area contributed by atoms with Crippen LogP contribution in [0.2, 0.25) is 10.0 Å². The number of hydrogen-bond donors (Lipinski definition) is 0. The second-order valence-corrected chi connectivity index (χ2v) is 7.27. The Morgan fingerprint density at radius 2 is 1.90 bits per heavy atom. The molecule has 0 radical (unpaired) electrons. The summed E-state index contributed by atoms with van der Waals surface area (Å²) in [7, 11) is 0. The number of rotatable bonds is 9. The summed E-state index contributed by atoms with van der Waals surface area (Å²) in [6.07, 6.45) is 0.844. The highest BCUT2D eigenvalue weighted by atomic mass is 35.5. The number of ether oxygens (including phenoxy) is 1. The topological polar surface area (TPSA) is 108 Å². The van der Waals surface area contributed by atoms with Crippen molar-refractivity contribution in [1.82, 2.24) is 10.1 Å². The van der Waals surface area contributed by atoms with Gasteiger partial charge in [0.05, 0.1) is 9.95 Å². The Morgan fingerprint density at radius 1 is 1.19 bits per heavy atom. The Kier molecular flexibility index (Phi) is 7.04. The van der Waals surface area contributed by atoms with Crippen LogP contribution in [-0.4, -0.2) is 20.8 Å². The number of benzene rings is 2. The minimum absolute atomic E-state index is 0.00761. The highest BCUT2D eigenvalue weighted by Crippen LogP contribution is 2.36. The fourth-order valence-electron chi connectivity index (χ4n) is 2.65. The first-order valence-corrected chi connectivity index (χ1v) is 9.93. The number of nitro benzene ring substituents is 1. The summed E-state index contributed by atoms with van der Waals surface area (Å²) < 4.78 is 10.8. The van der Waals surface area contributed by atoms with Gasteiger partial charge in [-0.25, -0.2) is 0 Å². The van der Waals surface area contributed by atoms with E-state index in [9.17, 15) is 14.9 Å². The third-order valence-electron chi connectivity index (χ3n) is 4.41. The lowest BCUT2D eigenvalue weighted by molar-refractivity contribution is -0.384. The Morgan fingerprint density at radius 3 is 2.55 bits per heavy atom. The van der Waals surface area contributed by atoms with Crippen LogP contribution in [0.15, 0.2) is 53.1 Å². The van der Waals surface area contributed by atoms with Crippen LogP contribution in [0.5, 0.6) is 5.75 Å². The van der Waals surface area contributed by atoms with E-state index in [1.165, 1.54) is 18.2 Å². The molecule has 10 heteroatoms. The predicted octanol–water partition coefficient (Wildman–Crippen LogP) is 5.60. The van der Waals surface area contributed by atoms with Crippen LogP contribution >= 0.6 is 23.2 Å². The number of nitro groups is 1. The number of allylic oxidation sites excluding steroid dienone is 1. The zero-order valence-corrected chi connectivity index (χ0v) is 17.9. The molecule has 0 bridgehead atoms. The van der Waals surface area contributed by atoms with E-state index in [1.54, 1.807) is 18.2 Å². The molecule has 1 heterocycles. The van der Waals surface area contributed by atoms with Crippen molar-refractivity contribution in [3.63, 3.8) is 0 Å². The molecule has 160 valence electrons. The van der Waals surface area contributed by atoms with Crippen molar-refractivity contribution in [2.75, 3.05) is 0 Å². The van der Waals surface area contributed by atoms with Crippen molar-refractivity contribution in [3.05, 3.63) is 91.6 Å². The smallest absolute Gasteiger partial charge is 0.269 e. The van der Waals surface area contributed by atoms with E-state index in [0.717, 1.165) is 5.56 Å². The largest absolute Gasteiger partial charge is 0.482 e. The maximum atomic E-state index is 12.3. The summed E-state index contributed by atoms with van der Waals surface area (Å²) in [6, 6.07) is 9.15. The molecule has 31 heavy (non-hydrogen) atoms. The number of carbonyl (C=O) groups excluding carboxylic acids is 1. The minimum atomic E-state index is -0.465. The molecule has 3 rings (SSSR count). The number of ketones is 1. The molecular weight excluding hydrogens is 445 g/mol. The van der Waals surface area contributed by atoms with Gasteiger partial charge in [0, 0.05) is 24.1 Å². The van der Waals surface area contributed by atoms with Crippen molar-refractivity contribution < 1.29 is 19.0 Å². The molecule has 0 amide bonds. The average molecular weight is 462 g/mol. The van der Waals surface area contributed by atoms with Crippen molar-refractivity contribution in [1.29, 1.82) is 0 Å². The molecule has 0 aliphatic carbocycles. The molecule has 0 atom stereocenters. The van der Waals surface area contributed by atoms with E-state index >= 15 is 0 Å². The third-order valence-corrected chi connectivity index (χ3v) is 5.27. The van der Waals surface area contributed by atoms with E-state index in [0.29, 0.717) is 24.2 Å². The molecule has 0 saturated carbocycles. The number of hydrogen-bond acceptors (Lipinski definition) is 7. The molecule has 0 N–H and O–H groups in total. The van der Waals surface area contributed by atoms with Crippen LogP contribution in [0, 0.1) is 10.1 Å². The quantitative estimate of drug-likeness (QED) is 0.176. The Bertz CT molecular complexity index is 1140. The molecule has 8 nitrogen and oxygen atoms in total. The molecule has 0 saturated heterocycles. The zero-order chi connectivity index (χ0) is 22.5. The molecule has 0 spiro atoms. The van der Waals surface area contributed by atoms with E-state index in [4.69, 9.17) is 32.5 Å². The van der Waals surface area contributed by atoms with Crippen molar-refractivity contribution in [2.45, 2.75) is 26.4 Å². The highest BCUT2D eigenvalue weighted by molar-refractivity contribution is 6.45. The zero-order valence-electron chi connectivity index (χ0n) is 16.4. The first-order valence-electron chi connectivity index (χ1n) is 9.18. The molecule has 1 aromatic heterocycles. The second-order valence-electron chi connectivity index (χ2n) is 6.52. The van der Waals surface area contributed by atoms with Crippen LogP contribution in [0.4, 0.5) is 5.69 Å². The van der Waals surface area contributed by atoms with Crippen LogP contribution in [0.3, 0.4) is 0 Å². The van der Waals surface area contributed by atoms with Gasteiger partial charge < -0.3 is 9.26 Å². The molecular formula is C21H17Cl2N3O5. The fourth-order valence-corrected chi connectivity index (χ4v) is 3.11. The highest BCUT2D eigenvalue weighted by Gasteiger charge is 2.19. The van der Waals surface area contributed by atoms with Crippen LogP contribution in [0.25, 0.3) is 0 Å². The summed E-state index contributed by atoms with van der Waals surface area (Å²) in [5.74, 6) is 0.605. The third kappa shape index (κ3) is 5.28. The number of aromatic nitrogens is 2. The summed E-state index contributed by atoms with van der Waals surface area (Å²) in [5, 5.41) is 14.8. The molecule has 0 aliphatic rings. The van der Waals surface area contributed by atoms with Gasteiger partial charge in [-0.1, -0.05) is 54.0 Å². The van der Waals surface area contributed by atoms with Crippen molar-refractivity contribution in [3.8, 4) is 5.75 Å². The molecule has 0 unspecified atom stereocenters. The average Bonchev–Trinajstić information content (AvgIpc) is 3.21. The maximum Gasteiger partial charge on any atom is 0.269 e. The van der Waals surface area contributed by atoms with E-state index in [-0.39, 0.29) is 45.3 Å². The Hall–Kier alpha value is -3.23. The molecule has 3 aromatic rings. The van der Waals surface area contributed by atoms with E-state index < -0.39 is 4.92 Å². The first-order chi connectivity index (χ1) is 14.8. The lowest BCUT2D eigenvalue weighted by Gasteiger charge is -2.10. The van der Waals surface area contributed by atoms with Crippen molar-refractivity contribution >= 4 is 34.7 Å². The van der Waals surface area contributed by atoms with Crippen LogP contribution in [-0.2, 0) is 13.0 Å². The number of nitrogens with zero attached hydrogens (tertiary/aromatic N) is 3. The molecule has 2 aromatic carbocycles. The lowest BCUT2D eigenvalue weighted by atomic mass is 10.0. The minimum Gasteiger partial charge on any atom is -0.482 e. The van der Waals surface area contributed by atoms with E-state index in [2.05, 4.69) is 16.7 Å². The predicted molar refractivity (Wildman–Crippen MR) is 115 cm³/mol. The monoisotopic (exact) mass is 461 g/mol. The van der Waals surface area contributed by atoms with Gasteiger partial charge in [-0.05, 0) is 29.7 Å². The Balaban J connectivity index is 1.65. The van der Waals surface area contributed by atoms with Crippen LogP contribution in [0.1, 0.15) is 41.0 Å². The van der Waals surface area contributed by atoms with Gasteiger partial charge in [-0.3, -0.25) is 14.9 Å². The number of non-ortho nitro benzene ring substituents is 1. The van der Waals surface area contributed by atoms with Gasteiger partial charge in [0.15, 0.2) is 18.2 Å². The summed E-state index contributed by atoms with van der Waals surface area (Å²) >= 11 is 12.5. The first kappa shape index (κ1) is 22.5.